The predicted molar refractivity (Wildman–Crippen MR) is 38.0 cm³/mol. The molecule has 0 aromatic carbocycles. The predicted octanol–water partition coefficient (Wildman–Crippen LogP) is 1.16. The summed E-state index contributed by atoms with van der Waals surface area (Å²) in [5.41, 5.74) is 0. The van der Waals surface area contributed by atoms with Crippen molar-refractivity contribution in [2.24, 2.45) is 11.8 Å². The largest absolute Gasteiger partial charge is 0.303 e. The van der Waals surface area contributed by atoms with E-state index in [0.29, 0.717) is 0 Å². The lowest BCUT2D eigenvalue weighted by atomic mass is 9.93. The highest BCUT2D eigenvalue weighted by molar-refractivity contribution is 4.85. The Bertz CT molecular complexity index is 99.1. The molecule has 0 amide bonds. The molecule has 1 heteroatoms. The topological polar surface area (TPSA) is 3.24 Å². The number of fused-ring (bicyclic) bond motifs is 2. The summed E-state index contributed by atoms with van der Waals surface area (Å²) in [6.07, 6.45) is 2.82. The molecule has 2 saturated heterocycles. The number of hydrogen-bond donors (Lipinski definition) is 0. The van der Waals surface area contributed by atoms with Crippen LogP contribution >= 0.6 is 0 Å². The van der Waals surface area contributed by atoms with Gasteiger partial charge in [0.05, 0.1) is 0 Å². The van der Waals surface area contributed by atoms with E-state index in [0.717, 1.165) is 11.8 Å². The van der Waals surface area contributed by atoms with Gasteiger partial charge in [0.2, 0.25) is 0 Å². The average Bonchev–Trinajstić information content (AvgIpc) is 2.11. The molecule has 1 nitrogen and oxygen atoms in total. The number of piperidine rings is 1. The van der Waals surface area contributed by atoms with Gasteiger partial charge in [-0.2, -0.15) is 0 Å². The number of nitrogens with zero attached hydrogens (tertiary/aromatic N) is 1. The van der Waals surface area contributed by atoms with Gasteiger partial charge in [0.1, 0.15) is 0 Å². The molecule has 2 heterocycles. The molecule has 0 aliphatic carbocycles. The Kier molecular flexibility index (Phi) is 1.26. The third-order valence-electron chi connectivity index (χ3n) is 2.55. The van der Waals surface area contributed by atoms with Crippen LogP contribution in [0.25, 0.3) is 0 Å². The molecular weight excluding hydrogens is 110 g/mol. The Balaban J connectivity index is 2.03. The zero-order chi connectivity index (χ0) is 6.27. The minimum Gasteiger partial charge on any atom is -0.303 e. The molecule has 0 saturated carbocycles. The first-order valence-corrected chi connectivity index (χ1v) is 3.90. The van der Waals surface area contributed by atoms with E-state index in [1.807, 2.05) is 0 Å². The van der Waals surface area contributed by atoms with E-state index in [4.69, 9.17) is 0 Å². The SMILES string of the molecule is [CH2]C1CC2CCN(C1)C2. The van der Waals surface area contributed by atoms with E-state index in [9.17, 15) is 0 Å². The standard InChI is InChI=1S/C8H14N/c1-7-4-8-2-3-9(5-7)6-8/h7-8H,1-6H2. The summed E-state index contributed by atoms with van der Waals surface area (Å²) in [5.74, 6) is 1.73. The molecule has 0 aromatic heterocycles. The summed E-state index contributed by atoms with van der Waals surface area (Å²) >= 11 is 0. The van der Waals surface area contributed by atoms with E-state index < -0.39 is 0 Å². The molecule has 3 unspecified atom stereocenters. The van der Waals surface area contributed by atoms with Crippen molar-refractivity contribution in [1.82, 2.24) is 4.90 Å². The maximum absolute atomic E-state index is 4.10. The lowest BCUT2D eigenvalue weighted by molar-refractivity contribution is 0.228. The molecule has 2 aliphatic rings. The second-order valence-electron chi connectivity index (χ2n) is 3.52. The van der Waals surface area contributed by atoms with Crippen LogP contribution in [-0.2, 0) is 0 Å². The minimum absolute atomic E-state index is 0.728. The molecular formula is C8H14N. The smallest absolute Gasteiger partial charge is 0.00104 e. The molecule has 1 radical (unpaired) electrons. The maximum Gasteiger partial charge on any atom is 0.00104 e. The van der Waals surface area contributed by atoms with Gasteiger partial charge in [-0.15, -0.1) is 0 Å². The second-order valence-corrected chi connectivity index (χ2v) is 3.52. The van der Waals surface area contributed by atoms with Gasteiger partial charge in [-0.3, -0.25) is 0 Å². The van der Waals surface area contributed by atoms with E-state index >= 15 is 0 Å². The van der Waals surface area contributed by atoms with Gasteiger partial charge in [0.15, 0.2) is 0 Å². The van der Waals surface area contributed by atoms with Gasteiger partial charge in [0, 0.05) is 13.1 Å². The summed E-state index contributed by atoms with van der Waals surface area (Å²) < 4.78 is 0. The summed E-state index contributed by atoms with van der Waals surface area (Å²) in [5, 5.41) is 0. The Labute approximate surface area is 57.0 Å². The van der Waals surface area contributed by atoms with E-state index in [-0.39, 0.29) is 0 Å². The van der Waals surface area contributed by atoms with Crippen molar-refractivity contribution in [2.75, 3.05) is 19.6 Å². The van der Waals surface area contributed by atoms with E-state index in [1.165, 1.54) is 32.5 Å². The van der Waals surface area contributed by atoms with Crippen molar-refractivity contribution in [3.8, 4) is 0 Å². The lowest BCUT2D eigenvalue weighted by Crippen LogP contribution is -2.31. The van der Waals surface area contributed by atoms with Crippen molar-refractivity contribution in [2.45, 2.75) is 12.8 Å². The molecule has 51 valence electrons. The van der Waals surface area contributed by atoms with Crippen LogP contribution < -0.4 is 0 Å². The molecule has 2 bridgehead atoms. The summed E-state index contributed by atoms with van der Waals surface area (Å²) in [6.45, 7) is 8.07. The highest BCUT2D eigenvalue weighted by Crippen LogP contribution is 2.29. The Morgan fingerprint density at radius 2 is 2.22 bits per heavy atom. The zero-order valence-corrected chi connectivity index (χ0v) is 5.84. The highest BCUT2D eigenvalue weighted by Gasteiger charge is 2.29. The quantitative estimate of drug-likeness (QED) is 0.468. The molecule has 0 spiro atoms. The van der Waals surface area contributed by atoms with Gasteiger partial charge in [-0.25, -0.2) is 0 Å². The fourth-order valence-electron chi connectivity index (χ4n) is 2.18. The van der Waals surface area contributed by atoms with Gasteiger partial charge in [-0.1, -0.05) is 0 Å². The third kappa shape index (κ3) is 0.983. The van der Waals surface area contributed by atoms with Crippen molar-refractivity contribution >= 4 is 0 Å². The van der Waals surface area contributed by atoms with Crippen LogP contribution in [-0.4, -0.2) is 24.5 Å². The molecule has 0 N–H and O–H groups in total. The molecule has 0 aromatic rings. The van der Waals surface area contributed by atoms with E-state index in [2.05, 4.69) is 11.8 Å². The van der Waals surface area contributed by atoms with Crippen molar-refractivity contribution in [3.05, 3.63) is 6.92 Å². The number of rotatable bonds is 0. The van der Waals surface area contributed by atoms with E-state index in [1.54, 1.807) is 0 Å². The monoisotopic (exact) mass is 124 g/mol. The summed E-state index contributed by atoms with van der Waals surface area (Å²) in [4.78, 5) is 2.55. The first-order valence-electron chi connectivity index (χ1n) is 3.90. The molecule has 9 heavy (non-hydrogen) atoms. The van der Waals surface area contributed by atoms with Crippen molar-refractivity contribution in [1.29, 1.82) is 0 Å². The Morgan fingerprint density at radius 3 is 3.00 bits per heavy atom. The van der Waals surface area contributed by atoms with Crippen LogP contribution in [0.4, 0.5) is 0 Å². The molecule has 3 atom stereocenters. The first kappa shape index (κ1) is 5.72. The molecule has 2 aliphatic heterocycles. The van der Waals surface area contributed by atoms with Crippen LogP contribution in [0, 0.1) is 18.8 Å². The van der Waals surface area contributed by atoms with Gasteiger partial charge in [0.25, 0.3) is 0 Å². The fraction of sp³-hybridized carbons (Fsp3) is 0.875. The molecule has 2 fully saturated rings. The van der Waals surface area contributed by atoms with Gasteiger partial charge < -0.3 is 4.90 Å². The minimum atomic E-state index is 0.728. The van der Waals surface area contributed by atoms with Crippen molar-refractivity contribution in [3.63, 3.8) is 0 Å². The Hall–Kier alpha value is -0.0400. The third-order valence-corrected chi connectivity index (χ3v) is 2.55. The van der Waals surface area contributed by atoms with Crippen LogP contribution in [0.15, 0.2) is 0 Å². The summed E-state index contributed by atoms with van der Waals surface area (Å²) in [7, 11) is 0. The van der Waals surface area contributed by atoms with Crippen LogP contribution in [0.1, 0.15) is 12.8 Å². The average molecular weight is 124 g/mol. The first-order chi connectivity index (χ1) is 4.34. The van der Waals surface area contributed by atoms with Crippen LogP contribution in [0.5, 0.6) is 0 Å². The second kappa shape index (κ2) is 1.98. The molecule has 2 rings (SSSR count). The van der Waals surface area contributed by atoms with Crippen molar-refractivity contribution < 1.29 is 0 Å². The zero-order valence-electron chi connectivity index (χ0n) is 5.84. The lowest BCUT2D eigenvalue weighted by Gasteiger charge is -2.26. The van der Waals surface area contributed by atoms with Crippen LogP contribution in [0.2, 0.25) is 0 Å². The number of hydrogen-bond acceptors (Lipinski definition) is 1. The summed E-state index contributed by atoms with van der Waals surface area (Å²) in [6, 6.07) is 0. The maximum atomic E-state index is 4.10. The Morgan fingerprint density at radius 1 is 1.33 bits per heavy atom. The normalized spacial score (nSPS) is 49.7. The van der Waals surface area contributed by atoms with Gasteiger partial charge >= 0.3 is 0 Å². The fourth-order valence-corrected chi connectivity index (χ4v) is 2.18. The highest BCUT2D eigenvalue weighted by atomic mass is 15.2. The van der Waals surface area contributed by atoms with Crippen LogP contribution in [0.3, 0.4) is 0 Å². The van der Waals surface area contributed by atoms with Gasteiger partial charge in [-0.05, 0) is 38.1 Å².